The number of halogens is 1. The van der Waals surface area contributed by atoms with E-state index in [2.05, 4.69) is 8.97 Å². The molecule has 0 bridgehead atoms. The van der Waals surface area contributed by atoms with E-state index in [4.69, 9.17) is 8.60 Å². The normalized spacial score (nSPS) is 15.6. The summed E-state index contributed by atoms with van der Waals surface area (Å²) in [5.74, 6) is -0.603. The monoisotopic (exact) mass is 396 g/mol. The fourth-order valence-electron chi connectivity index (χ4n) is 1.42. The van der Waals surface area contributed by atoms with Crippen LogP contribution in [0.25, 0.3) is 5.53 Å². The van der Waals surface area contributed by atoms with Gasteiger partial charge in [-0.3, -0.25) is 0 Å². The quantitative estimate of drug-likeness (QED) is 0.192. The van der Waals surface area contributed by atoms with Crippen molar-refractivity contribution < 1.29 is 25.3 Å². The summed E-state index contributed by atoms with van der Waals surface area (Å²) in [6.45, 7) is 1.39. The number of benzene rings is 1. The summed E-state index contributed by atoms with van der Waals surface area (Å²) in [5, 5.41) is 0. The number of carbonyl (C=O) groups is 1. The van der Waals surface area contributed by atoms with Crippen LogP contribution in [0.1, 0.15) is 17.3 Å². The maximum absolute atomic E-state index is 11.8. The van der Waals surface area contributed by atoms with E-state index in [1.165, 1.54) is 13.0 Å². The number of nitrogens with zero attached hydrogens (tertiary/aromatic N) is 2. The van der Waals surface area contributed by atoms with Crippen LogP contribution in [0.2, 0.25) is 0 Å². The second-order valence-electron chi connectivity index (χ2n) is 3.31. The zero-order valence-corrected chi connectivity index (χ0v) is 12.7. The predicted molar refractivity (Wildman–Crippen MR) is 73.7 cm³/mol. The van der Waals surface area contributed by atoms with Gasteiger partial charge in [0.2, 0.25) is 0 Å². The fraction of sp³-hybridized carbons (Fsp3) is 0.200. The zero-order chi connectivity index (χ0) is 14.0. The van der Waals surface area contributed by atoms with Crippen LogP contribution in [-0.2, 0) is 17.4 Å². The molecule has 1 heterocycles. The molecule has 0 atom stereocenters. The molecule has 0 aromatic heterocycles. The van der Waals surface area contributed by atoms with E-state index >= 15 is 0 Å². The molecule has 0 saturated heterocycles. The van der Waals surface area contributed by atoms with Gasteiger partial charge in [0.25, 0.3) is 0 Å². The Kier molecular flexibility index (Phi) is 3.99. The van der Waals surface area contributed by atoms with Crippen LogP contribution in [0.5, 0.6) is 0 Å². The van der Waals surface area contributed by atoms with Gasteiger partial charge >= 0.3 is 117 Å². The third kappa shape index (κ3) is 2.54. The van der Waals surface area contributed by atoms with E-state index in [0.717, 1.165) is 0 Å². The molecule has 1 aliphatic heterocycles. The van der Waals surface area contributed by atoms with Gasteiger partial charge < -0.3 is 0 Å². The summed E-state index contributed by atoms with van der Waals surface area (Å²) in [7, 11) is -4.18. The van der Waals surface area contributed by atoms with Crippen molar-refractivity contribution in [3.05, 3.63) is 38.9 Å². The summed E-state index contributed by atoms with van der Waals surface area (Å²) in [4.78, 5) is 14.4. The first-order chi connectivity index (χ1) is 9.01. The molecule has 0 fully saturated rings. The van der Waals surface area contributed by atoms with Gasteiger partial charge in [0, 0.05) is 0 Å². The van der Waals surface area contributed by atoms with Crippen LogP contribution in [-0.4, -0.2) is 28.8 Å². The van der Waals surface area contributed by atoms with Gasteiger partial charge in [-0.15, -0.1) is 0 Å². The molecule has 0 spiro atoms. The first kappa shape index (κ1) is 14.1. The molecule has 0 radical (unpaired) electrons. The summed E-state index contributed by atoms with van der Waals surface area (Å²) >= 11 is -3.07. The molecular formula is C10H9IN2O5S. The number of hydrogen-bond donors (Lipinski definition) is 0. The van der Waals surface area contributed by atoms with E-state index in [1.807, 2.05) is 0 Å². The average molecular weight is 396 g/mol. The van der Waals surface area contributed by atoms with E-state index in [-0.39, 0.29) is 6.61 Å². The minimum atomic E-state index is -4.18. The van der Waals surface area contributed by atoms with Crippen LogP contribution in [0.3, 0.4) is 0 Å². The molecular weight excluding hydrogens is 387 g/mol. The van der Waals surface area contributed by atoms with Crippen molar-refractivity contribution in [1.82, 2.24) is 0 Å². The van der Waals surface area contributed by atoms with Crippen molar-refractivity contribution in [2.75, 3.05) is 6.61 Å². The molecule has 0 aliphatic carbocycles. The zero-order valence-electron chi connectivity index (χ0n) is 9.74. The molecule has 1 aliphatic rings. The van der Waals surface area contributed by atoms with Crippen LogP contribution in [0.4, 0.5) is 0 Å². The van der Waals surface area contributed by atoms with Crippen molar-refractivity contribution in [3.8, 4) is 0 Å². The van der Waals surface area contributed by atoms with Crippen molar-refractivity contribution >= 4 is 39.4 Å². The maximum atomic E-state index is 11.8. The molecule has 7 nitrogen and oxygen atoms in total. The second kappa shape index (κ2) is 5.37. The topological polar surface area (TPSA) is 106 Å². The summed E-state index contributed by atoms with van der Waals surface area (Å²) in [5.41, 5.74) is 9.24. The third-order valence-electron chi connectivity index (χ3n) is 2.13. The van der Waals surface area contributed by atoms with Gasteiger partial charge in [0.1, 0.15) is 0 Å². The second-order valence-corrected chi connectivity index (χ2v) is 9.61. The molecule has 1 aromatic rings. The number of hydrogen-bond acceptors (Lipinski definition) is 5. The molecule has 9 heteroatoms. The molecule has 1 aromatic carbocycles. The van der Waals surface area contributed by atoms with Crippen molar-refractivity contribution in [1.29, 1.82) is 0 Å². The molecule has 19 heavy (non-hydrogen) atoms. The molecule has 102 valence electrons. The molecule has 0 saturated carbocycles. The van der Waals surface area contributed by atoms with E-state index in [0.29, 0.717) is 9.13 Å². The van der Waals surface area contributed by atoms with Crippen molar-refractivity contribution in [2.45, 2.75) is 6.92 Å². The van der Waals surface area contributed by atoms with Gasteiger partial charge in [-0.2, -0.15) is 0 Å². The fourth-order valence-corrected chi connectivity index (χ4v) is 7.94. The van der Waals surface area contributed by atoms with Crippen LogP contribution in [0.15, 0.2) is 24.3 Å². The SMILES string of the molecule is CCOS(=O)(=O)C(=[N+]=[N-])I1OC(=O)c2ccccc21. The van der Waals surface area contributed by atoms with E-state index in [1.54, 1.807) is 18.2 Å². The van der Waals surface area contributed by atoms with Gasteiger partial charge in [0.05, 0.1) is 0 Å². The Bertz CT molecular complexity index is 681. The van der Waals surface area contributed by atoms with Gasteiger partial charge in [-0.25, -0.2) is 0 Å². The number of fused-ring (bicyclic) bond motifs is 1. The minimum absolute atomic E-state index is 0.0963. The molecule has 0 N–H and O–H groups in total. The van der Waals surface area contributed by atoms with Crippen molar-refractivity contribution in [2.24, 2.45) is 0 Å². The van der Waals surface area contributed by atoms with Gasteiger partial charge in [0.15, 0.2) is 0 Å². The van der Waals surface area contributed by atoms with E-state index in [9.17, 15) is 13.2 Å². The third-order valence-corrected chi connectivity index (χ3v) is 9.62. The number of carbonyl (C=O) groups excluding carboxylic acids is 1. The van der Waals surface area contributed by atoms with E-state index < -0.39 is 39.4 Å². The predicted octanol–water partition coefficient (Wildman–Crippen LogP) is 1.40. The van der Waals surface area contributed by atoms with Crippen LogP contribution < -0.4 is 0 Å². The number of rotatable bonds is 3. The Morgan fingerprint density at radius 3 is 2.79 bits per heavy atom. The van der Waals surface area contributed by atoms with Crippen molar-refractivity contribution in [3.63, 3.8) is 0 Å². The summed E-state index contributed by atoms with van der Waals surface area (Å²) in [6.07, 6.45) is 0. The average Bonchev–Trinajstić information content (AvgIpc) is 2.68. The Balaban J connectivity index is 2.50. The summed E-state index contributed by atoms with van der Waals surface area (Å²) < 4.78 is 33.2. The van der Waals surface area contributed by atoms with Crippen LogP contribution >= 0.6 is 20.2 Å². The Hall–Kier alpha value is -1.29. The molecule has 0 amide bonds. The Morgan fingerprint density at radius 1 is 1.47 bits per heavy atom. The molecule has 0 unspecified atom stereocenters. The summed E-state index contributed by atoms with van der Waals surface area (Å²) in [6, 6.07) is 6.44. The van der Waals surface area contributed by atoms with Gasteiger partial charge in [-0.05, 0) is 0 Å². The Labute approximate surface area is 117 Å². The first-order valence-corrected chi connectivity index (χ1v) is 9.59. The molecule has 2 rings (SSSR count). The standard InChI is InChI=1S/C10H9IN2O5S/c1-2-17-19(15,16)10(13-12)11-8-6-4-3-5-7(8)9(14)18-11/h3-6H,2H2,1H3. The first-order valence-electron chi connectivity index (χ1n) is 5.14. The Morgan fingerprint density at radius 2 is 2.16 bits per heavy atom. The van der Waals surface area contributed by atoms with Crippen LogP contribution in [0, 0.1) is 3.57 Å². The van der Waals surface area contributed by atoms with Gasteiger partial charge in [-0.1, -0.05) is 0 Å².